The number of ketones is 1. The van der Waals surface area contributed by atoms with Crippen LogP contribution in [0.15, 0.2) is 40.2 Å². The van der Waals surface area contributed by atoms with Crippen LogP contribution in [0, 0.1) is 6.92 Å². The molecule has 0 saturated heterocycles. The predicted molar refractivity (Wildman–Crippen MR) is 66.6 cm³/mol. The largest absolute Gasteiger partial charge is 0.288 e. The maximum Gasteiger partial charge on any atom is 0.202 e. The lowest BCUT2D eigenvalue weighted by atomic mass is 10.1. The number of hydrogen-bond donors (Lipinski definition) is 0. The predicted octanol–water partition coefficient (Wildman–Crippen LogP) is 4.05. The molecule has 1 nitrogen and oxygen atoms in total. The van der Waals surface area contributed by atoms with Crippen LogP contribution in [0.1, 0.15) is 20.8 Å². The van der Waals surface area contributed by atoms with Crippen molar-refractivity contribution >= 4 is 33.0 Å². The topological polar surface area (TPSA) is 17.1 Å². The normalized spacial score (nSPS) is 10.3. The summed E-state index contributed by atoms with van der Waals surface area (Å²) in [6.07, 6.45) is 0. The van der Waals surface area contributed by atoms with Gasteiger partial charge in [0.25, 0.3) is 0 Å². The van der Waals surface area contributed by atoms with Crippen LogP contribution in [-0.2, 0) is 0 Å². The Balaban J connectivity index is 2.32. The Kier molecular flexibility index (Phi) is 3.03. The van der Waals surface area contributed by atoms with Crippen LogP contribution >= 0.6 is 27.3 Å². The van der Waals surface area contributed by atoms with E-state index < -0.39 is 0 Å². The molecule has 2 rings (SSSR count). The zero-order valence-electron chi connectivity index (χ0n) is 8.16. The first-order valence-electron chi connectivity index (χ1n) is 4.52. The quantitative estimate of drug-likeness (QED) is 0.759. The highest BCUT2D eigenvalue weighted by molar-refractivity contribution is 9.10. The number of halogens is 1. The Labute approximate surface area is 101 Å². The molecule has 15 heavy (non-hydrogen) atoms. The maximum atomic E-state index is 12.0. The smallest absolute Gasteiger partial charge is 0.202 e. The van der Waals surface area contributed by atoms with E-state index in [0.717, 1.165) is 20.5 Å². The summed E-state index contributed by atoms with van der Waals surface area (Å²) in [6.45, 7) is 1.99. The first-order valence-corrected chi connectivity index (χ1v) is 6.19. The molecule has 1 aromatic heterocycles. The van der Waals surface area contributed by atoms with Gasteiger partial charge in [0.05, 0.1) is 4.88 Å². The summed E-state index contributed by atoms with van der Waals surface area (Å²) in [5.74, 6) is 0.0978. The summed E-state index contributed by atoms with van der Waals surface area (Å²) in [4.78, 5) is 12.8. The standard InChI is InChI=1S/C12H9BrOS/c1-8-6-11(15-7-8)12(14)9-2-4-10(13)5-3-9/h2-7H,1H3. The average molecular weight is 281 g/mol. The molecule has 0 N–H and O–H groups in total. The second-order valence-electron chi connectivity index (χ2n) is 3.32. The summed E-state index contributed by atoms with van der Waals surface area (Å²) in [5, 5.41) is 1.99. The van der Waals surface area contributed by atoms with Gasteiger partial charge in [-0.15, -0.1) is 11.3 Å². The van der Waals surface area contributed by atoms with E-state index in [9.17, 15) is 4.79 Å². The number of carbonyl (C=O) groups excluding carboxylic acids is 1. The van der Waals surface area contributed by atoms with Crippen molar-refractivity contribution in [2.24, 2.45) is 0 Å². The van der Waals surface area contributed by atoms with E-state index in [-0.39, 0.29) is 5.78 Å². The van der Waals surface area contributed by atoms with Crippen LogP contribution < -0.4 is 0 Å². The first kappa shape index (κ1) is 10.6. The lowest BCUT2D eigenvalue weighted by Crippen LogP contribution is -1.97. The minimum absolute atomic E-state index is 0.0978. The molecular formula is C12H9BrOS. The summed E-state index contributed by atoms with van der Waals surface area (Å²) < 4.78 is 0.987. The van der Waals surface area contributed by atoms with Crippen molar-refractivity contribution in [2.45, 2.75) is 6.92 Å². The molecule has 1 heterocycles. The first-order chi connectivity index (χ1) is 7.16. The zero-order chi connectivity index (χ0) is 10.8. The van der Waals surface area contributed by atoms with Gasteiger partial charge in [-0.3, -0.25) is 4.79 Å². The van der Waals surface area contributed by atoms with E-state index in [1.165, 1.54) is 11.3 Å². The highest BCUT2D eigenvalue weighted by Crippen LogP contribution is 2.19. The molecule has 0 aliphatic heterocycles. The van der Waals surface area contributed by atoms with E-state index in [2.05, 4.69) is 15.9 Å². The molecule has 0 amide bonds. The third kappa shape index (κ3) is 2.36. The molecule has 0 bridgehead atoms. The fourth-order valence-electron chi connectivity index (χ4n) is 1.29. The van der Waals surface area contributed by atoms with Crippen LogP contribution in [0.3, 0.4) is 0 Å². The Morgan fingerprint density at radius 3 is 2.47 bits per heavy atom. The van der Waals surface area contributed by atoms with Gasteiger partial charge in [0.1, 0.15) is 0 Å². The van der Waals surface area contributed by atoms with Crippen LogP contribution in [0.5, 0.6) is 0 Å². The van der Waals surface area contributed by atoms with Crippen molar-refractivity contribution in [2.75, 3.05) is 0 Å². The molecule has 76 valence electrons. The minimum Gasteiger partial charge on any atom is -0.288 e. The number of rotatable bonds is 2. The monoisotopic (exact) mass is 280 g/mol. The molecule has 0 radical (unpaired) electrons. The molecule has 0 aliphatic carbocycles. The number of aryl methyl sites for hydroxylation is 1. The zero-order valence-corrected chi connectivity index (χ0v) is 10.6. The van der Waals surface area contributed by atoms with E-state index in [4.69, 9.17) is 0 Å². The molecular weight excluding hydrogens is 272 g/mol. The van der Waals surface area contributed by atoms with Crippen molar-refractivity contribution in [3.63, 3.8) is 0 Å². The van der Waals surface area contributed by atoms with Gasteiger partial charge in [0.15, 0.2) is 0 Å². The summed E-state index contributed by atoms with van der Waals surface area (Å²) in [7, 11) is 0. The van der Waals surface area contributed by atoms with Gasteiger partial charge in [0, 0.05) is 10.0 Å². The van der Waals surface area contributed by atoms with E-state index in [0.29, 0.717) is 0 Å². The lowest BCUT2D eigenvalue weighted by molar-refractivity contribution is 0.104. The molecule has 0 unspecified atom stereocenters. The Hall–Kier alpha value is -0.930. The Morgan fingerprint density at radius 2 is 1.93 bits per heavy atom. The fraction of sp³-hybridized carbons (Fsp3) is 0.0833. The van der Waals surface area contributed by atoms with E-state index in [1.807, 2.05) is 42.6 Å². The van der Waals surface area contributed by atoms with Crippen LogP contribution in [0.4, 0.5) is 0 Å². The number of benzene rings is 1. The van der Waals surface area contributed by atoms with Gasteiger partial charge in [-0.1, -0.05) is 15.9 Å². The number of hydrogen-bond acceptors (Lipinski definition) is 2. The third-order valence-electron chi connectivity index (χ3n) is 2.06. The molecule has 0 atom stereocenters. The summed E-state index contributed by atoms with van der Waals surface area (Å²) >= 11 is 4.84. The average Bonchev–Trinajstić information content (AvgIpc) is 2.65. The lowest BCUT2D eigenvalue weighted by Gasteiger charge is -1.97. The van der Waals surface area contributed by atoms with Crippen LogP contribution in [0.25, 0.3) is 0 Å². The van der Waals surface area contributed by atoms with Gasteiger partial charge >= 0.3 is 0 Å². The van der Waals surface area contributed by atoms with Crippen molar-refractivity contribution in [1.82, 2.24) is 0 Å². The SMILES string of the molecule is Cc1csc(C(=O)c2ccc(Br)cc2)c1. The van der Waals surface area contributed by atoms with E-state index in [1.54, 1.807) is 0 Å². The highest BCUT2D eigenvalue weighted by atomic mass is 79.9. The van der Waals surface area contributed by atoms with Crippen molar-refractivity contribution in [1.29, 1.82) is 0 Å². The second kappa shape index (κ2) is 4.29. The van der Waals surface area contributed by atoms with Gasteiger partial charge in [-0.05, 0) is 48.2 Å². The minimum atomic E-state index is 0.0978. The highest BCUT2D eigenvalue weighted by Gasteiger charge is 2.10. The maximum absolute atomic E-state index is 12.0. The van der Waals surface area contributed by atoms with Gasteiger partial charge in [0.2, 0.25) is 5.78 Å². The van der Waals surface area contributed by atoms with Crippen LogP contribution in [-0.4, -0.2) is 5.78 Å². The van der Waals surface area contributed by atoms with Gasteiger partial charge < -0.3 is 0 Å². The summed E-state index contributed by atoms with van der Waals surface area (Å²) in [5.41, 5.74) is 1.88. The molecule has 3 heteroatoms. The van der Waals surface area contributed by atoms with E-state index >= 15 is 0 Å². The molecule has 1 aromatic carbocycles. The molecule has 0 aliphatic rings. The number of thiophene rings is 1. The van der Waals surface area contributed by atoms with Gasteiger partial charge in [-0.25, -0.2) is 0 Å². The molecule has 0 spiro atoms. The molecule has 2 aromatic rings. The Bertz CT molecular complexity index is 485. The molecule has 0 saturated carbocycles. The third-order valence-corrected chi connectivity index (χ3v) is 3.64. The second-order valence-corrected chi connectivity index (χ2v) is 5.15. The van der Waals surface area contributed by atoms with Crippen molar-refractivity contribution in [3.05, 3.63) is 56.2 Å². The van der Waals surface area contributed by atoms with Crippen molar-refractivity contribution in [3.8, 4) is 0 Å². The van der Waals surface area contributed by atoms with Crippen LogP contribution in [0.2, 0.25) is 0 Å². The summed E-state index contributed by atoms with van der Waals surface area (Å²) in [6, 6.07) is 9.36. The van der Waals surface area contributed by atoms with Crippen molar-refractivity contribution < 1.29 is 4.79 Å². The van der Waals surface area contributed by atoms with Gasteiger partial charge in [-0.2, -0.15) is 0 Å². The fourth-order valence-corrected chi connectivity index (χ4v) is 2.42. The number of carbonyl (C=O) groups is 1. The Morgan fingerprint density at radius 1 is 1.27 bits per heavy atom. The molecule has 0 fully saturated rings.